The fraction of sp³-hybridized carbons (Fsp3) is 0.500. The highest BCUT2D eigenvalue weighted by Crippen LogP contribution is 1.66. The van der Waals surface area contributed by atoms with Crippen LogP contribution >= 0.6 is 0 Å². The third-order valence-electron chi connectivity index (χ3n) is 0.482. The van der Waals surface area contributed by atoms with Gasteiger partial charge in [-0.3, -0.25) is 0 Å². The van der Waals surface area contributed by atoms with Crippen LogP contribution in [0.3, 0.4) is 0 Å². The second kappa shape index (κ2) is 5.76. The van der Waals surface area contributed by atoms with E-state index in [2.05, 4.69) is 9.98 Å². The van der Waals surface area contributed by atoms with Crippen molar-refractivity contribution >= 4 is 12.0 Å². The highest BCUT2D eigenvalue weighted by atomic mass is 14.8. The summed E-state index contributed by atoms with van der Waals surface area (Å²) in [4.78, 5) is 6.82. The van der Waals surface area contributed by atoms with E-state index in [1.807, 2.05) is 12.0 Å². The molecular formula is C4H6N4. The average molecular weight is 110 g/mol. The maximum absolute atomic E-state index is 6.31. The lowest BCUT2D eigenvalue weighted by Crippen LogP contribution is -1.82. The summed E-state index contributed by atoms with van der Waals surface area (Å²) in [5.41, 5.74) is 0. The minimum atomic E-state index is 0.426. The number of aliphatic imine (C=N–C) groups is 2. The summed E-state index contributed by atoms with van der Waals surface area (Å²) >= 11 is 0. The van der Waals surface area contributed by atoms with Gasteiger partial charge in [0.25, 0.3) is 0 Å². The van der Waals surface area contributed by atoms with Crippen LogP contribution in [0.1, 0.15) is 0 Å². The first-order valence-electron chi connectivity index (χ1n) is 2.08. The Kier molecular flexibility index (Phi) is 4.87. The summed E-state index contributed by atoms with van der Waals surface area (Å²) < 4.78 is 0. The number of hydrogen-bond donors (Lipinski definition) is 2. The quantitative estimate of drug-likeness (QED) is 0.392. The first-order valence-corrected chi connectivity index (χ1v) is 2.08. The molecule has 2 N–H and O–H groups in total. The van der Waals surface area contributed by atoms with E-state index in [1.165, 1.54) is 0 Å². The lowest BCUT2D eigenvalue weighted by Gasteiger charge is -1.76. The molecule has 0 amide bonds. The summed E-state index contributed by atoms with van der Waals surface area (Å²) in [7, 11) is 0. The van der Waals surface area contributed by atoms with Crippen molar-refractivity contribution in [3.63, 3.8) is 0 Å². The molecule has 42 valence electrons. The summed E-state index contributed by atoms with van der Waals surface area (Å²) in [6, 6.07) is 3.71. The van der Waals surface area contributed by atoms with Crippen molar-refractivity contribution in [2.24, 2.45) is 9.98 Å². The smallest absolute Gasteiger partial charge is 0.0862 e. The van der Waals surface area contributed by atoms with Gasteiger partial charge in [0.2, 0.25) is 0 Å². The minimum Gasteiger partial charge on any atom is -0.242 e. The summed E-state index contributed by atoms with van der Waals surface area (Å²) in [6.07, 6.45) is 0. The molecule has 8 heavy (non-hydrogen) atoms. The predicted molar refractivity (Wildman–Crippen MR) is 30.0 cm³/mol. The van der Waals surface area contributed by atoms with Gasteiger partial charge in [-0.1, -0.05) is 0 Å². The van der Waals surface area contributed by atoms with Crippen molar-refractivity contribution in [1.82, 2.24) is 0 Å². The normalized spacial score (nSPS) is 6.50. The van der Waals surface area contributed by atoms with Crippen molar-refractivity contribution in [1.29, 1.82) is 10.8 Å². The molecule has 0 aromatic carbocycles. The zero-order valence-electron chi connectivity index (χ0n) is 4.31. The Morgan fingerprint density at radius 2 is 1.38 bits per heavy atom. The van der Waals surface area contributed by atoms with Gasteiger partial charge >= 0.3 is 0 Å². The lowest BCUT2D eigenvalue weighted by molar-refractivity contribution is 0.983. The van der Waals surface area contributed by atoms with Gasteiger partial charge in [0, 0.05) is 0 Å². The molecule has 4 heteroatoms. The Morgan fingerprint density at radius 3 is 1.62 bits per heavy atom. The second-order valence-corrected chi connectivity index (χ2v) is 0.987. The Morgan fingerprint density at radius 1 is 1.00 bits per heavy atom. The molecule has 0 saturated heterocycles. The van der Waals surface area contributed by atoms with E-state index in [0.29, 0.717) is 13.1 Å². The summed E-state index contributed by atoms with van der Waals surface area (Å²) in [5.74, 6) is 0. The SMILES string of the molecule is N=C=NCCN=C=N. The third kappa shape index (κ3) is 4.76. The molecule has 4 nitrogen and oxygen atoms in total. The van der Waals surface area contributed by atoms with Gasteiger partial charge in [-0.05, 0) is 0 Å². The molecule has 0 aromatic heterocycles. The fourth-order valence-corrected chi connectivity index (χ4v) is 0.212. The molecule has 0 bridgehead atoms. The van der Waals surface area contributed by atoms with Crippen LogP contribution in [0.5, 0.6) is 0 Å². The maximum Gasteiger partial charge on any atom is 0.0862 e. The molecule has 0 spiro atoms. The number of hydrogen-bond acceptors (Lipinski definition) is 4. The zero-order chi connectivity index (χ0) is 6.24. The Labute approximate surface area is 47.0 Å². The summed E-state index contributed by atoms with van der Waals surface area (Å²) in [5, 5.41) is 12.6. The maximum atomic E-state index is 6.31. The molecule has 0 aliphatic carbocycles. The molecule has 0 unspecified atom stereocenters. The highest BCUT2D eigenvalue weighted by Gasteiger charge is 1.71. The van der Waals surface area contributed by atoms with Crippen LogP contribution in [0.25, 0.3) is 0 Å². The van der Waals surface area contributed by atoms with Crippen LogP contribution in [-0.2, 0) is 0 Å². The molecule has 0 fully saturated rings. The van der Waals surface area contributed by atoms with E-state index in [0.717, 1.165) is 0 Å². The third-order valence-corrected chi connectivity index (χ3v) is 0.482. The highest BCUT2D eigenvalue weighted by molar-refractivity contribution is 5.36. The van der Waals surface area contributed by atoms with Crippen LogP contribution in [-0.4, -0.2) is 25.1 Å². The van der Waals surface area contributed by atoms with Crippen molar-refractivity contribution in [2.45, 2.75) is 0 Å². The van der Waals surface area contributed by atoms with Gasteiger partial charge in [0.05, 0.1) is 25.1 Å². The molecule has 0 heterocycles. The molecule has 0 rings (SSSR count). The van der Waals surface area contributed by atoms with Gasteiger partial charge in [0.15, 0.2) is 0 Å². The van der Waals surface area contributed by atoms with E-state index in [4.69, 9.17) is 10.8 Å². The first-order chi connectivity index (χ1) is 3.91. The standard InChI is InChI=1S/C4H6N4/c5-3-7-1-2-8-4-6/h5-6H,1-2H2. The van der Waals surface area contributed by atoms with Gasteiger partial charge < -0.3 is 0 Å². The zero-order valence-corrected chi connectivity index (χ0v) is 4.31. The average Bonchev–Trinajstić information content (AvgIpc) is 1.81. The van der Waals surface area contributed by atoms with Crippen molar-refractivity contribution in [3.8, 4) is 0 Å². The monoisotopic (exact) mass is 110 g/mol. The van der Waals surface area contributed by atoms with E-state index in [-0.39, 0.29) is 0 Å². The molecule has 0 aromatic rings. The van der Waals surface area contributed by atoms with Crippen LogP contribution in [0.4, 0.5) is 0 Å². The second-order valence-electron chi connectivity index (χ2n) is 0.987. The van der Waals surface area contributed by atoms with Crippen molar-refractivity contribution in [2.75, 3.05) is 13.1 Å². The lowest BCUT2D eigenvalue weighted by atomic mass is 10.7. The minimum absolute atomic E-state index is 0.426. The van der Waals surface area contributed by atoms with Crippen LogP contribution in [0, 0.1) is 10.8 Å². The number of nitrogens with one attached hydrogen (secondary N) is 2. The molecule has 0 aliphatic heterocycles. The molecule has 0 atom stereocenters. The summed E-state index contributed by atoms with van der Waals surface area (Å²) in [6.45, 7) is 0.852. The van der Waals surface area contributed by atoms with E-state index < -0.39 is 0 Å². The molecule has 0 saturated carbocycles. The van der Waals surface area contributed by atoms with Gasteiger partial charge in [0.1, 0.15) is 0 Å². The van der Waals surface area contributed by atoms with Gasteiger partial charge in [-0.15, -0.1) is 0 Å². The van der Waals surface area contributed by atoms with Gasteiger partial charge in [-0.2, -0.15) is 0 Å². The number of nitrogens with zero attached hydrogens (tertiary/aromatic N) is 2. The molecule has 0 aliphatic rings. The van der Waals surface area contributed by atoms with Gasteiger partial charge in [-0.25, -0.2) is 20.8 Å². The van der Waals surface area contributed by atoms with Crippen LogP contribution in [0.2, 0.25) is 0 Å². The topological polar surface area (TPSA) is 72.4 Å². The van der Waals surface area contributed by atoms with Crippen LogP contribution < -0.4 is 0 Å². The van der Waals surface area contributed by atoms with Crippen molar-refractivity contribution < 1.29 is 0 Å². The largest absolute Gasteiger partial charge is 0.242 e. The Bertz CT molecular complexity index is 120. The van der Waals surface area contributed by atoms with Crippen LogP contribution in [0.15, 0.2) is 9.98 Å². The van der Waals surface area contributed by atoms with E-state index in [9.17, 15) is 0 Å². The number of rotatable bonds is 3. The van der Waals surface area contributed by atoms with Crippen molar-refractivity contribution in [3.05, 3.63) is 0 Å². The fourth-order valence-electron chi connectivity index (χ4n) is 0.212. The van der Waals surface area contributed by atoms with E-state index in [1.54, 1.807) is 0 Å². The van der Waals surface area contributed by atoms with E-state index >= 15 is 0 Å². The molecular weight excluding hydrogens is 104 g/mol. The Balaban J connectivity index is 3.18. The Hall–Kier alpha value is -1.24. The first kappa shape index (κ1) is 6.76. The predicted octanol–water partition coefficient (Wildman–Crippen LogP) is 0.492. The molecule has 0 radical (unpaired) electrons.